The van der Waals surface area contributed by atoms with Gasteiger partial charge in [0.05, 0.1) is 10.8 Å². The first kappa shape index (κ1) is 22.7. The van der Waals surface area contributed by atoms with E-state index in [-0.39, 0.29) is 11.7 Å². The third-order valence-electron chi connectivity index (χ3n) is 4.16. The zero-order valence-electron chi connectivity index (χ0n) is 16.2. The van der Waals surface area contributed by atoms with Crippen molar-refractivity contribution < 1.29 is 9.53 Å². The molecule has 0 aliphatic carbocycles. The van der Waals surface area contributed by atoms with Crippen LogP contribution in [0.3, 0.4) is 0 Å². The van der Waals surface area contributed by atoms with E-state index in [4.69, 9.17) is 39.5 Å². The van der Waals surface area contributed by atoms with E-state index in [0.717, 1.165) is 5.56 Å². The molecule has 0 spiro atoms. The molecule has 0 aliphatic heterocycles. The summed E-state index contributed by atoms with van der Waals surface area (Å²) in [6.45, 7) is 2.28. The Morgan fingerprint density at radius 3 is 2.57 bits per heavy atom. The Balaban J connectivity index is 1.54. The molecule has 0 bridgehead atoms. The van der Waals surface area contributed by atoms with Crippen molar-refractivity contribution in [1.29, 1.82) is 0 Å². The Hall–Kier alpha value is -1.93. The van der Waals surface area contributed by atoms with Crippen LogP contribution in [0.25, 0.3) is 0 Å². The van der Waals surface area contributed by atoms with Crippen molar-refractivity contribution in [2.24, 2.45) is 7.05 Å². The molecule has 1 unspecified atom stereocenters. The lowest BCUT2D eigenvalue weighted by atomic mass is 10.2. The molecule has 0 aliphatic rings. The maximum Gasteiger partial charge on any atom is 0.230 e. The van der Waals surface area contributed by atoms with E-state index in [1.165, 1.54) is 11.8 Å². The van der Waals surface area contributed by atoms with Crippen LogP contribution in [0.15, 0.2) is 47.6 Å². The molecule has 1 amide bonds. The lowest BCUT2D eigenvalue weighted by Gasteiger charge is -2.15. The van der Waals surface area contributed by atoms with E-state index in [2.05, 4.69) is 15.5 Å². The highest BCUT2D eigenvalue weighted by atomic mass is 35.5. The molecule has 30 heavy (non-hydrogen) atoms. The van der Waals surface area contributed by atoms with Gasteiger partial charge < -0.3 is 14.6 Å². The highest BCUT2D eigenvalue weighted by molar-refractivity contribution is 7.99. The number of nitrogens with zero attached hydrogens (tertiary/aromatic N) is 3. The van der Waals surface area contributed by atoms with Gasteiger partial charge in [0.25, 0.3) is 0 Å². The third-order valence-corrected chi connectivity index (χ3v) is 5.98. The molecule has 1 aromatic heterocycles. The van der Waals surface area contributed by atoms with Gasteiger partial charge in [0.15, 0.2) is 17.1 Å². The first-order chi connectivity index (χ1) is 14.3. The zero-order chi connectivity index (χ0) is 21.7. The summed E-state index contributed by atoms with van der Waals surface area (Å²) < 4.78 is 7.68. The third kappa shape index (κ3) is 6.04. The van der Waals surface area contributed by atoms with Gasteiger partial charge in [0.2, 0.25) is 5.91 Å². The highest BCUT2D eigenvalue weighted by Crippen LogP contribution is 2.31. The Labute approximate surface area is 193 Å². The Morgan fingerprint density at radius 1 is 1.13 bits per heavy atom. The molecule has 10 heteroatoms. The smallest absolute Gasteiger partial charge is 0.230 e. The van der Waals surface area contributed by atoms with Crippen molar-refractivity contribution >= 4 is 52.5 Å². The summed E-state index contributed by atoms with van der Waals surface area (Å²) in [6.07, 6.45) is -0.411. The van der Waals surface area contributed by atoms with Gasteiger partial charge in [-0.25, -0.2) is 0 Å². The fourth-order valence-electron chi connectivity index (χ4n) is 2.60. The number of hydrogen-bond donors (Lipinski definition) is 1. The van der Waals surface area contributed by atoms with Gasteiger partial charge in [-0.1, -0.05) is 58.7 Å². The van der Waals surface area contributed by atoms with Crippen molar-refractivity contribution in [3.63, 3.8) is 0 Å². The van der Waals surface area contributed by atoms with Crippen LogP contribution in [-0.2, 0) is 18.4 Å². The molecule has 0 fully saturated rings. The van der Waals surface area contributed by atoms with E-state index < -0.39 is 6.10 Å². The van der Waals surface area contributed by atoms with Gasteiger partial charge in [0.1, 0.15) is 5.75 Å². The number of hydrogen-bond acceptors (Lipinski definition) is 5. The number of aromatic nitrogens is 3. The minimum Gasteiger partial charge on any atom is -0.481 e. The summed E-state index contributed by atoms with van der Waals surface area (Å²) >= 11 is 19.3. The molecule has 1 atom stereocenters. The number of rotatable bonds is 8. The summed E-state index contributed by atoms with van der Waals surface area (Å²) in [5.41, 5.74) is 0.976. The van der Waals surface area contributed by atoms with Gasteiger partial charge in [-0.15, -0.1) is 10.2 Å². The van der Waals surface area contributed by atoms with Gasteiger partial charge in [0, 0.05) is 29.7 Å². The standard InChI is InChI=1S/C20H19Cl3N4O2S/c1-12(29-17-9-15(22)7-8-16(17)23)19-25-26-20(27(19)2)30-11-18(28)24-10-13-3-5-14(21)6-4-13/h3-9,12H,10-11H2,1-2H3,(H,24,28). The zero-order valence-corrected chi connectivity index (χ0v) is 19.3. The molecule has 1 N–H and O–H groups in total. The molecule has 2 aromatic carbocycles. The second-order valence-electron chi connectivity index (χ2n) is 6.43. The summed E-state index contributed by atoms with van der Waals surface area (Å²) in [7, 11) is 1.82. The Morgan fingerprint density at radius 2 is 1.83 bits per heavy atom. The molecule has 0 saturated heterocycles. The van der Waals surface area contributed by atoms with Crippen LogP contribution in [0.4, 0.5) is 0 Å². The van der Waals surface area contributed by atoms with Crippen molar-refractivity contribution in [2.75, 3.05) is 5.75 Å². The van der Waals surface area contributed by atoms with Crippen LogP contribution in [-0.4, -0.2) is 26.4 Å². The number of carbonyl (C=O) groups is 1. The van der Waals surface area contributed by atoms with E-state index in [0.29, 0.717) is 38.3 Å². The number of nitrogens with one attached hydrogen (secondary N) is 1. The molecule has 1 heterocycles. The van der Waals surface area contributed by atoms with Crippen LogP contribution >= 0.6 is 46.6 Å². The molecule has 3 rings (SSSR count). The predicted octanol–water partition coefficient (Wildman–Crippen LogP) is 5.32. The lowest BCUT2D eigenvalue weighted by Crippen LogP contribution is -2.24. The van der Waals surface area contributed by atoms with Crippen LogP contribution in [0.1, 0.15) is 24.4 Å². The molecule has 0 radical (unpaired) electrons. The van der Waals surface area contributed by atoms with Crippen LogP contribution in [0.2, 0.25) is 15.1 Å². The lowest BCUT2D eigenvalue weighted by molar-refractivity contribution is -0.118. The Kier molecular flexibility index (Phi) is 7.88. The topological polar surface area (TPSA) is 69.0 Å². The maximum atomic E-state index is 12.2. The first-order valence-corrected chi connectivity index (χ1v) is 11.1. The summed E-state index contributed by atoms with van der Waals surface area (Å²) in [4.78, 5) is 12.2. The predicted molar refractivity (Wildman–Crippen MR) is 121 cm³/mol. The van der Waals surface area contributed by atoms with Crippen LogP contribution in [0, 0.1) is 0 Å². The normalized spacial score (nSPS) is 11.9. The summed E-state index contributed by atoms with van der Waals surface area (Å²) in [6, 6.07) is 12.3. The second-order valence-corrected chi connectivity index (χ2v) is 8.65. The summed E-state index contributed by atoms with van der Waals surface area (Å²) in [5, 5.41) is 13.5. The van der Waals surface area contributed by atoms with Crippen molar-refractivity contribution in [3.8, 4) is 5.75 Å². The van der Waals surface area contributed by atoms with Crippen molar-refractivity contribution in [1.82, 2.24) is 20.1 Å². The fourth-order valence-corrected chi connectivity index (χ4v) is 3.80. The number of carbonyl (C=O) groups excluding carboxylic acids is 1. The quantitative estimate of drug-likeness (QED) is 0.437. The van der Waals surface area contributed by atoms with Gasteiger partial charge in [-0.05, 0) is 36.8 Å². The average Bonchev–Trinajstić information content (AvgIpc) is 3.09. The van der Waals surface area contributed by atoms with Crippen molar-refractivity contribution in [3.05, 3.63) is 68.9 Å². The van der Waals surface area contributed by atoms with E-state index in [9.17, 15) is 4.79 Å². The fraction of sp³-hybridized carbons (Fsp3) is 0.250. The number of halogens is 3. The number of amides is 1. The largest absolute Gasteiger partial charge is 0.481 e. The molecular weight excluding hydrogens is 467 g/mol. The number of benzene rings is 2. The van der Waals surface area contributed by atoms with Gasteiger partial charge >= 0.3 is 0 Å². The number of thioether (sulfide) groups is 1. The van der Waals surface area contributed by atoms with E-state index >= 15 is 0 Å². The monoisotopic (exact) mass is 484 g/mol. The second kappa shape index (κ2) is 10.4. The minimum atomic E-state index is -0.411. The minimum absolute atomic E-state index is 0.102. The SMILES string of the molecule is CC(Oc1cc(Cl)ccc1Cl)c1nnc(SCC(=O)NCc2ccc(Cl)cc2)n1C. The first-order valence-electron chi connectivity index (χ1n) is 8.98. The molecule has 3 aromatic rings. The molecular formula is C20H19Cl3N4O2S. The highest BCUT2D eigenvalue weighted by Gasteiger charge is 2.19. The molecule has 6 nitrogen and oxygen atoms in total. The maximum absolute atomic E-state index is 12.2. The average molecular weight is 486 g/mol. The van der Waals surface area contributed by atoms with Gasteiger partial charge in [-0.2, -0.15) is 0 Å². The van der Waals surface area contributed by atoms with Crippen molar-refractivity contribution in [2.45, 2.75) is 24.7 Å². The molecule has 0 saturated carbocycles. The molecule has 158 valence electrons. The Bertz CT molecular complexity index is 1030. The van der Waals surface area contributed by atoms with E-state index in [1.807, 2.05) is 26.1 Å². The number of ether oxygens (including phenoxy) is 1. The van der Waals surface area contributed by atoms with Gasteiger partial charge in [-0.3, -0.25) is 4.79 Å². The summed E-state index contributed by atoms with van der Waals surface area (Å²) in [5.74, 6) is 1.19. The van der Waals surface area contributed by atoms with E-state index in [1.54, 1.807) is 34.9 Å². The van der Waals surface area contributed by atoms with Crippen LogP contribution in [0.5, 0.6) is 5.75 Å². The van der Waals surface area contributed by atoms with Crippen LogP contribution < -0.4 is 10.1 Å².